The molecule has 2 aromatic carbocycles. The van der Waals surface area contributed by atoms with Gasteiger partial charge in [0.1, 0.15) is 15.6 Å². The van der Waals surface area contributed by atoms with E-state index in [-0.39, 0.29) is 26.8 Å². The fourth-order valence-corrected chi connectivity index (χ4v) is 10.1. The van der Waals surface area contributed by atoms with Crippen LogP contribution >= 0.6 is 27.7 Å². The summed E-state index contributed by atoms with van der Waals surface area (Å²) in [5.74, 6) is -0.0241. The molecule has 5 aliphatic heterocycles. The summed E-state index contributed by atoms with van der Waals surface area (Å²) in [5.41, 5.74) is 5.64. The van der Waals surface area contributed by atoms with Crippen LogP contribution in [0.5, 0.6) is 5.75 Å². The van der Waals surface area contributed by atoms with E-state index in [1.165, 1.54) is 9.55 Å². The molecule has 9 heteroatoms. The van der Waals surface area contributed by atoms with Crippen molar-refractivity contribution in [3.8, 4) is 5.75 Å². The predicted molar refractivity (Wildman–Crippen MR) is 135 cm³/mol. The van der Waals surface area contributed by atoms with Crippen molar-refractivity contribution in [1.82, 2.24) is 0 Å². The summed E-state index contributed by atoms with van der Waals surface area (Å²) < 4.78 is 29.8. The molecule has 34 heavy (non-hydrogen) atoms. The van der Waals surface area contributed by atoms with Gasteiger partial charge >= 0.3 is 10.0 Å². The Labute approximate surface area is 208 Å². The maximum absolute atomic E-state index is 13.8. The number of hydrogen-bond acceptors (Lipinski definition) is 6. The van der Waals surface area contributed by atoms with E-state index < -0.39 is 10.0 Å². The molecule has 3 atom stereocenters. The molecule has 1 spiro atoms. The smallest absolute Gasteiger partial charge is 0.400 e. The first kappa shape index (κ1) is 19.9. The van der Waals surface area contributed by atoms with E-state index in [1.54, 1.807) is 30.5 Å². The third kappa shape index (κ3) is 2.14. The van der Waals surface area contributed by atoms with Crippen molar-refractivity contribution in [3.05, 3.63) is 68.2 Å². The topological polar surface area (TPSA) is 73.0 Å². The third-order valence-corrected chi connectivity index (χ3v) is 11.9. The van der Waals surface area contributed by atoms with Gasteiger partial charge in [0.15, 0.2) is 6.21 Å². The third-order valence-electron chi connectivity index (χ3n) is 7.94. The van der Waals surface area contributed by atoms with Crippen molar-refractivity contribution in [2.24, 2.45) is 4.99 Å². The SMILES string of the molecule is Cc1ccc(S(=O)(=O)[N+]2=CC3=c4c5c6c(c(O)c42)=N[C@@H]2C=C4C=C(Br)[C@@H](C[C@@]46S2)N5CC3)cc1. The monoisotopic (exact) mass is 552 g/mol. The highest BCUT2D eigenvalue weighted by Crippen LogP contribution is 2.63. The lowest BCUT2D eigenvalue weighted by Gasteiger charge is -2.51. The van der Waals surface area contributed by atoms with E-state index in [0.717, 1.165) is 51.5 Å². The molecule has 5 heterocycles. The highest BCUT2D eigenvalue weighted by atomic mass is 79.9. The fourth-order valence-electron chi connectivity index (χ4n) is 6.45. The normalized spacial score (nSPS) is 28.9. The molecule has 1 N–H and O–H groups in total. The van der Waals surface area contributed by atoms with Gasteiger partial charge in [-0.05, 0) is 49.6 Å². The molecule has 6 nitrogen and oxygen atoms in total. The molecular weight excluding hydrogens is 534 g/mol. The number of aromatic hydroxyl groups is 1. The van der Waals surface area contributed by atoms with Gasteiger partial charge in [-0.1, -0.05) is 37.6 Å². The zero-order valence-corrected chi connectivity index (χ0v) is 21.3. The zero-order valence-electron chi connectivity index (χ0n) is 18.1. The quantitative estimate of drug-likeness (QED) is 0.579. The number of halogens is 1. The first-order valence-corrected chi connectivity index (χ1v) is 14.4. The number of benzene rings is 2. The van der Waals surface area contributed by atoms with Crippen molar-refractivity contribution in [2.45, 2.75) is 40.8 Å². The lowest BCUT2D eigenvalue weighted by atomic mass is 9.74. The van der Waals surface area contributed by atoms with Gasteiger partial charge in [-0.15, -0.1) is 11.8 Å². The zero-order chi connectivity index (χ0) is 23.1. The number of phenols is 1. The van der Waals surface area contributed by atoms with Gasteiger partial charge in [0.2, 0.25) is 5.75 Å². The van der Waals surface area contributed by atoms with Crippen LogP contribution in [0.15, 0.2) is 56.4 Å². The standard InChI is InChI=1S/C25H18BrN3O3S2/c1-12-2-4-15(5-3-12)34(31,32)29-11-13-6-7-28-17-10-25-14(8-16(17)26)9-18(33-25)27-21-20(25)22(28)19(13)23(29)24(21)30/h2-5,8-9,11,17-18H,6-7,10H2,1H3/p+1/t17-,18+,25-/m1/s1. The Morgan fingerprint density at radius 3 is 2.88 bits per heavy atom. The van der Waals surface area contributed by atoms with E-state index >= 15 is 0 Å². The second-order valence-electron chi connectivity index (χ2n) is 9.69. The van der Waals surface area contributed by atoms with Crippen LogP contribution in [0.4, 0.5) is 11.4 Å². The van der Waals surface area contributed by atoms with Crippen LogP contribution in [0, 0.1) is 6.92 Å². The van der Waals surface area contributed by atoms with Gasteiger partial charge in [-0.2, -0.15) is 8.42 Å². The van der Waals surface area contributed by atoms with Crippen LogP contribution in [-0.4, -0.2) is 41.7 Å². The maximum atomic E-state index is 13.8. The average Bonchev–Trinajstić information content (AvgIpc) is 3.33. The molecule has 170 valence electrons. The minimum atomic E-state index is -3.90. The number of aryl methyl sites for hydroxylation is 1. The fraction of sp³-hybridized carbons (Fsp3) is 0.280. The van der Waals surface area contributed by atoms with Crippen molar-refractivity contribution >= 4 is 60.9 Å². The van der Waals surface area contributed by atoms with Gasteiger partial charge in [0, 0.05) is 22.2 Å². The van der Waals surface area contributed by atoms with Gasteiger partial charge in [-0.25, -0.2) is 0 Å². The van der Waals surface area contributed by atoms with Crippen LogP contribution in [0.2, 0.25) is 0 Å². The molecule has 6 aliphatic rings. The second kappa shape index (κ2) is 6.06. The van der Waals surface area contributed by atoms with Crippen LogP contribution in [0.3, 0.4) is 0 Å². The van der Waals surface area contributed by atoms with E-state index in [2.05, 4.69) is 33.0 Å². The molecule has 8 rings (SSSR count). The van der Waals surface area contributed by atoms with Gasteiger partial charge in [0.25, 0.3) is 5.69 Å². The van der Waals surface area contributed by atoms with Crippen molar-refractivity contribution in [2.75, 3.05) is 11.4 Å². The number of sulfonamides is 1. The van der Waals surface area contributed by atoms with Crippen LogP contribution < -0.4 is 15.5 Å². The summed E-state index contributed by atoms with van der Waals surface area (Å²) in [6.07, 6.45) is 7.79. The van der Waals surface area contributed by atoms with E-state index in [1.807, 2.05) is 18.7 Å². The molecule has 0 fully saturated rings. The van der Waals surface area contributed by atoms with Crippen LogP contribution in [0.1, 0.15) is 24.0 Å². The number of allylic oxidation sites excluding steroid dienone is 1. The Morgan fingerprint density at radius 2 is 2.09 bits per heavy atom. The highest BCUT2D eigenvalue weighted by Gasteiger charge is 2.58. The minimum Gasteiger partial charge on any atom is -0.501 e. The predicted octanol–water partition coefficient (Wildman–Crippen LogP) is 3.07. The van der Waals surface area contributed by atoms with E-state index in [4.69, 9.17) is 4.99 Å². The summed E-state index contributed by atoms with van der Waals surface area (Å²) in [4.78, 5) is 7.52. The molecule has 0 radical (unpaired) electrons. The van der Waals surface area contributed by atoms with Crippen molar-refractivity contribution < 1.29 is 17.5 Å². The number of nitrogens with zero attached hydrogens (tertiary/aromatic N) is 3. The number of rotatable bonds is 2. The number of fused-ring (bicyclic) bond motifs is 3. The molecule has 0 amide bonds. The number of anilines is 1. The maximum Gasteiger partial charge on any atom is 0.400 e. The lowest BCUT2D eigenvalue weighted by molar-refractivity contribution is -0.253. The van der Waals surface area contributed by atoms with Gasteiger partial charge in [-0.3, -0.25) is 4.99 Å². The molecule has 0 unspecified atom stereocenters. The second-order valence-corrected chi connectivity index (χ2v) is 13.8. The summed E-state index contributed by atoms with van der Waals surface area (Å²) >= 11 is 5.69. The summed E-state index contributed by atoms with van der Waals surface area (Å²) in [6.45, 7) is 2.73. The molecule has 0 saturated heterocycles. The molecule has 2 aromatic rings. The van der Waals surface area contributed by atoms with Gasteiger partial charge in [0.05, 0.1) is 21.7 Å². The molecule has 3 bridgehead atoms. The Morgan fingerprint density at radius 1 is 1.29 bits per heavy atom. The van der Waals surface area contributed by atoms with Gasteiger partial charge < -0.3 is 10.0 Å². The summed E-state index contributed by atoms with van der Waals surface area (Å²) in [6, 6.07) is 7.05. The molecule has 0 aromatic heterocycles. The average molecular weight is 553 g/mol. The Bertz CT molecular complexity index is 1720. The Hall–Kier alpha value is -2.36. The Kier molecular flexibility index (Phi) is 3.55. The van der Waals surface area contributed by atoms with Crippen molar-refractivity contribution in [3.63, 3.8) is 0 Å². The Balaban J connectivity index is 1.47. The molecule has 1 aliphatic carbocycles. The number of thioether (sulfide) groups is 1. The first-order chi connectivity index (χ1) is 16.3. The largest absolute Gasteiger partial charge is 0.501 e. The van der Waals surface area contributed by atoms with E-state index in [9.17, 15) is 13.5 Å². The summed E-state index contributed by atoms with van der Waals surface area (Å²) in [5, 5.41) is 13.0. The lowest BCUT2D eigenvalue weighted by Crippen LogP contribution is -2.55. The first-order valence-electron chi connectivity index (χ1n) is 11.3. The minimum absolute atomic E-state index is 0.0241. The van der Waals surface area contributed by atoms with Crippen LogP contribution in [-0.2, 0) is 14.8 Å². The highest BCUT2D eigenvalue weighted by molar-refractivity contribution is 9.11. The van der Waals surface area contributed by atoms with E-state index in [0.29, 0.717) is 11.0 Å². The number of hydrogen-bond donors (Lipinski definition) is 1. The van der Waals surface area contributed by atoms with Crippen molar-refractivity contribution in [1.29, 1.82) is 0 Å². The summed E-state index contributed by atoms with van der Waals surface area (Å²) in [7, 11) is -3.90. The molecular formula is C25H19BrN3O3S2+. The molecule has 0 saturated carbocycles. The number of phenolic OH excluding ortho intramolecular Hbond substituents is 1. The van der Waals surface area contributed by atoms with Crippen LogP contribution in [0.25, 0.3) is 5.57 Å².